The number of hydrogen-bond acceptors (Lipinski definition) is 4. The highest BCUT2D eigenvalue weighted by Gasteiger charge is 2.17. The van der Waals surface area contributed by atoms with Crippen molar-refractivity contribution >= 4 is 27.5 Å². The summed E-state index contributed by atoms with van der Waals surface area (Å²) in [5.41, 5.74) is 3.38. The summed E-state index contributed by atoms with van der Waals surface area (Å²) in [5, 5.41) is 2.45. The van der Waals surface area contributed by atoms with Gasteiger partial charge in [0.05, 0.1) is 11.7 Å². The largest absolute Gasteiger partial charge is 0.337 e. The van der Waals surface area contributed by atoms with E-state index in [-0.39, 0.29) is 30.4 Å². The number of likely N-dealkylation sites (N-methyl/N-ethyl adjacent to an activating group) is 1. The first-order chi connectivity index (χ1) is 15.0. The number of fused-ring (bicyclic) bond motifs is 1. The van der Waals surface area contributed by atoms with E-state index in [9.17, 15) is 14.0 Å². The fraction of sp³-hybridized carbons (Fsp3) is 0.208. The number of hydrogen-bond donors (Lipinski definition) is 0. The van der Waals surface area contributed by atoms with Gasteiger partial charge in [0.2, 0.25) is 5.91 Å². The molecule has 2 heterocycles. The highest BCUT2D eigenvalue weighted by atomic mass is 32.1. The standard InChI is InChI=1S/C24H22FN3O2S/c1-3-27(12-17-5-4-6-19(25)11-17)21(29)13-28-15-26-23-22(24(28)30)20(14-31-23)18-9-7-16(2)8-10-18/h4-11,14-15H,3,12-13H2,1-2H3. The molecule has 0 bridgehead atoms. The third kappa shape index (κ3) is 4.41. The Bertz CT molecular complexity index is 1290. The molecule has 0 radical (unpaired) electrons. The smallest absolute Gasteiger partial charge is 0.263 e. The van der Waals surface area contributed by atoms with Crippen LogP contribution in [0.25, 0.3) is 21.3 Å². The van der Waals surface area contributed by atoms with Crippen molar-refractivity contribution in [3.63, 3.8) is 0 Å². The van der Waals surface area contributed by atoms with Crippen LogP contribution in [0.15, 0.2) is 65.0 Å². The number of aromatic nitrogens is 2. The SMILES string of the molecule is CCN(Cc1cccc(F)c1)C(=O)Cn1cnc2scc(-c3ccc(C)cc3)c2c1=O. The Labute approximate surface area is 183 Å². The molecule has 158 valence electrons. The molecular formula is C24H22FN3O2S. The molecule has 0 aliphatic rings. The van der Waals surface area contributed by atoms with Crippen LogP contribution in [0.3, 0.4) is 0 Å². The predicted octanol–water partition coefficient (Wildman–Crippen LogP) is 4.62. The van der Waals surface area contributed by atoms with Crippen LogP contribution in [0.2, 0.25) is 0 Å². The summed E-state index contributed by atoms with van der Waals surface area (Å²) in [6.07, 6.45) is 1.42. The Balaban J connectivity index is 1.62. The Morgan fingerprint density at radius 3 is 2.68 bits per heavy atom. The van der Waals surface area contributed by atoms with Crippen LogP contribution in [0.4, 0.5) is 4.39 Å². The lowest BCUT2D eigenvalue weighted by atomic mass is 10.1. The quantitative estimate of drug-likeness (QED) is 0.444. The van der Waals surface area contributed by atoms with Crippen LogP contribution < -0.4 is 5.56 Å². The minimum absolute atomic E-state index is 0.117. The van der Waals surface area contributed by atoms with Crippen LogP contribution >= 0.6 is 11.3 Å². The summed E-state index contributed by atoms with van der Waals surface area (Å²) in [6.45, 7) is 4.49. The lowest BCUT2D eigenvalue weighted by Crippen LogP contribution is -2.36. The summed E-state index contributed by atoms with van der Waals surface area (Å²) < 4.78 is 14.8. The molecule has 31 heavy (non-hydrogen) atoms. The Morgan fingerprint density at radius 1 is 1.19 bits per heavy atom. The van der Waals surface area contributed by atoms with E-state index in [0.717, 1.165) is 16.7 Å². The van der Waals surface area contributed by atoms with Crippen LogP contribution in [0.5, 0.6) is 0 Å². The van der Waals surface area contributed by atoms with Gasteiger partial charge in [0.1, 0.15) is 17.2 Å². The van der Waals surface area contributed by atoms with E-state index in [1.807, 2.05) is 43.5 Å². The van der Waals surface area contributed by atoms with Gasteiger partial charge in [-0.25, -0.2) is 9.37 Å². The number of carbonyl (C=O) groups is 1. The van der Waals surface area contributed by atoms with E-state index in [2.05, 4.69) is 4.98 Å². The molecule has 0 aliphatic heterocycles. The van der Waals surface area contributed by atoms with Gasteiger partial charge in [0, 0.05) is 24.0 Å². The molecule has 0 atom stereocenters. The Hall–Kier alpha value is -3.32. The van der Waals surface area contributed by atoms with Crippen molar-refractivity contribution in [1.29, 1.82) is 0 Å². The van der Waals surface area contributed by atoms with Gasteiger partial charge >= 0.3 is 0 Å². The fourth-order valence-electron chi connectivity index (χ4n) is 3.50. The van der Waals surface area contributed by atoms with E-state index < -0.39 is 0 Å². The lowest BCUT2D eigenvalue weighted by molar-refractivity contribution is -0.132. The zero-order chi connectivity index (χ0) is 22.0. The van der Waals surface area contributed by atoms with Crippen LogP contribution in [-0.2, 0) is 17.9 Å². The second kappa shape index (κ2) is 8.81. The Morgan fingerprint density at radius 2 is 1.97 bits per heavy atom. The Kier molecular flexibility index (Phi) is 5.95. The van der Waals surface area contributed by atoms with Gasteiger partial charge in [0.25, 0.3) is 5.56 Å². The average Bonchev–Trinajstić information content (AvgIpc) is 3.19. The molecule has 5 nitrogen and oxygen atoms in total. The number of benzene rings is 2. The second-order valence-corrected chi connectivity index (χ2v) is 8.27. The summed E-state index contributed by atoms with van der Waals surface area (Å²) in [6, 6.07) is 14.1. The van der Waals surface area contributed by atoms with Gasteiger partial charge in [-0.05, 0) is 37.1 Å². The highest BCUT2D eigenvalue weighted by molar-refractivity contribution is 7.17. The summed E-state index contributed by atoms with van der Waals surface area (Å²) >= 11 is 1.41. The minimum Gasteiger partial charge on any atom is -0.337 e. The number of carbonyl (C=O) groups excluding carboxylic acids is 1. The molecule has 2 aromatic heterocycles. The monoisotopic (exact) mass is 435 g/mol. The van der Waals surface area contributed by atoms with Gasteiger partial charge in [0.15, 0.2) is 0 Å². The number of aryl methyl sites for hydroxylation is 1. The molecule has 7 heteroatoms. The third-order valence-corrected chi connectivity index (χ3v) is 6.11. The van der Waals surface area contributed by atoms with Gasteiger partial charge in [-0.2, -0.15) is 0 Å². The zero-order valence-electron chi connectivity index (χ0n) is 17.3. The van der Waals surface area contributed by atoms with Crippen molar-refractivity contribution in [2.45, 2.75) is 26.9 Å². The number of amides is 1. The van der Waals surface area contributed by atoms with Crippen LogP contribution in [0.1, 0.15) is 18.1 Å². The van der Waals surface area contributed by atoms with Gasteiger partial charge in [-0.1, -0.05) is 42.0 Å². The summed E-state index contributed by atoms with van der Waals surface area (Å²) in [5.74, 6) is -0.560. The number of halogens is 1. The van der Waals surface area contributed by atoms with Crippen LogP contribution in [0, 0.1) is 12.7 Å². The average molecular weight is 436 g/mol. The highest BCUT2D eigenvalue weighted by Crippen LogP contribution is 2.30. The first-order valence-corrected chi connectivity index (χ1v) is 10.9. The molecular weight excluding hydrogens is 413 g/mol. The zero-order valence-corrected chi connectivity index (χ0v) is 18.2. The molecule has 0 N–H and O–H groups in total. The first kappa shape index (κ1) is 20.9. The molecule has 0 saturated carbocycles. The molecule has 0 spiro atoms. The fourth-order valence-corrected chi connectivity index (χ4v) is 4.41. The van der Waals surface area contributed by atoms with Crippen molar-refractivity contribution in [3.8, 4) is 11.1 Å². The molecule has 2 aromatic carbocycles. The molecule has 4 rings (SSSR count). The van der Waals surface area contributed by atoms with E-state index in [1.54, 1.807) is 17.0 Å². The van der Waals surface area contributed by atoms with Crippen molar-refractivity contribution in [1.82, 2.24) is 14.5 Å². The maximum Gasteiger partial charge on any atom is 0.263 e. The maximum atomic E-state index is 13.5. The van der Waals surface area contributed by atoms with Gasteiger partial charge in [-0.3, -0.25) is 14.2 Å². The first-order valence-electron chi connectivity index (χ1n) is 10.0. The van der Waals surface area contributed by atoms with Crippen molar-refractivity contribution in [2.24, 2.45) is 0 Å². The normalized spacial score (nSPS) is 11.1. The molecule has 0 aliphatic carbocycles. The van der Waals surface area contributed by atoms with Crippen molar-refractivity contribution in [3.05, 3.63) is 87.5 Å². The molecule has 0 saturated heterocycles. The maximum absolute atomic E-state index is 13.5. The number of nitrogens with zero attached hydrogens (tertiary/aromatic N) is 3. The molecule has 0 fully saturated rings. The minimum atomic E-state index is -0.340. The van der Waals surface area contributed by atoms with Crippen molar-refractivity contribution < 1.29 is 9.18 Å². The number of thiophene rings is 1. The molecule has 4 aromatic rings. The predicted molar refractivity (Wildman–Crippen MR) is 122 cm³/mol. The molecule has 0 unspecified atom stereocenters. The molecule has 1 amide bonds. The van der Waals surface area contributed by atoms with E-state index in [4.69, 9.17) is 0 Å². The van der Waals surface area contributed by atoms with E-state index in [0.29, 0.717) is 22.3 Å². The van der Waals surface area contributed by atoms with Crippen LogP contribution in [-0.4, -0.2) is 26.9 Å². The van der Waals surface area contributed by atoms with Gasteiger partial charge in [-0.15, -0.1) is 11.3 Å². The summed E-state index contributed by atoms with van der Waals surface area (Å²) in [7, 11) is 0. The lowest BCUT2D eigenvalue weighted by Gasteiger charge is -2.21. The van der Waals surface area contributed by atoms with E-state index >= 15 is 0 Å². The van der Waals surface area contributed by atoms with Gasteiger partial charge < -0.3 is 4.90 Å². The summed E-state index contributed by atoms with van der Waals surface area (Å²) in [4.78, 5) is 32.8. The second-order valence-electron chi connectivity index (χ2n) is 7.41. The topological polar surface area (TPSA) is 55.2 Å². The number of rotatable bonds is 6. The third-order valence-electron chi connectivity index (χ3n) is 5.23. The van der Waals surface area contributed by atoms with Crippen molar-refractivity contribution in [2.75, 3.05) is 6.54 Å². The van der Waals surface area contributed by atoms with E-state index in [1.165, 1.54) is 34.4 Å².